The molecule has 0 aromatic rings. The molecular formula is C12H26IN3O. The lowest BCUT2D eigenvalue weighted by molar-refractivity contribution is -0.0236. The number of rotatable bonds is 3. The standard InChI is InChI=1S/C12H25N3O.HI/c1-5-13-10(15-11(2,3)4)14-9-12(16)7-6-8-12;/h16H,5-9H2,1-4H3,(H2,13,14,15);1H. The van der Waals surface area contributed by atoms with Crippen molar-refractivity contribution in [2.24, 2.45) is 4.99 Å². The minimum Gasteiger partial charge on any atom is -0.388 e. The SMILES string of the molecule is CCNC(=NCC1(O)CCC1)NC(C)(C)C.I. The van der Waals surface area contributed by atoms with Gasteiger partial charge < -0.3 is 15.7 Å². The highest BCUT2D eigenvalue weighted by Crippen LogP contribution is 2.31. The van der Waals surface area contributed by atoms with Gasteiger partial charge in [-0.2, -0.15) is 0 Å². The molecule has 0 atom stereocenters. The number of aliphatic hydroxyl groups is 1. The minimum absolute atomic E-state index is 0. The van der Waals surface area contributed by atoms with Crippen LogP contribution >= 0.6 is 24.0 Å². The van der Waals surface area contributed by atoms with Crippen LogP contribution in [0.25, 0.3) is 0 Å². The normalized spacial score (nSPS) is 19.0. The first-order valence-electron chi connectivity index (χ1n) is 6.13. The number of hydrogen-bond acceptors (Lipinski definition) is 2. The maximum absolute atomic E-state index is 9.96. The summed E-state index contributed by atoms with van der Waals surface area (Å²) in [5.74, 6) is 0.787. The maximum atomic E-state index is 9.96. The fraction of sp³-hybridized carbons (Fsp3) is 0.917. The molecule has 3 N–H and O–H groups in total. The van der Waals surface area contributed by atoms with Crippen LogP contribution in [0.15, 0.2) is 4.99 Å². The zero-order valence-corrected chi connectivity index (χ0v) is 13.7. The molecule has 1 aliphatic carbocycles. The predicted octanol–water partition coefficient (Wildman–Crippen LogP) is 1.87. The second kappa shape index (κ2) is 6.78. The lowest BCUT2D eigenvalue weighted by Crippen LogP contribution is -2.49. The summed E-state index contributed by atoms with van der Waals surface area (Å²) in [6.07, 6.45) is 2.88. The fourth-order valence-electron chi connectivity index (χ4n) is 1.63. The molecule has 1 aliphatic rings. The molecule has 0 aromatic heterocycles. The van der Waals surface area contributed by atoms with E-state index in [1.165, 1.54) is 0 Å². The fourth-order valence-corrected chi connectivity index (χ4v) is 1.63. The Morgan fingerprint density at radius 1 is 1.35 bits per heavy atom. The van der Waals surface area contributed by atoms with Crippen LogP contribution in [0.2, 0.25) is 0 Å². The molecule has 0 aromatic carbocycles. The lowest BCUT2D eigenvalue weighted by Gasteiger charge is -2.35. The predicted molar refractivity (Wildman–Crippen MR) is 83.1 cm³/mol. The van der Waals surface area contributed by atoms with Gasteiger partial charge in [-0.1, -0.05) is 0 Å². The van der Waals surface area contributed by atoms with Crippen LogP contribution in [0.4, 0.5) is 0 Å². The Bertz CT molecular complexity index is 257. The summed E-state index contributed by atoms with van der Waals surface area (Å²) in [4.78, 5) is 4.44. The van der Waals surface area contributed by atoms with Crippen molar-refractivity contribution in [2.45, 2.75) is 58.1 Å². The van der Waals surface area contributed by atoms with E-state index in [-0.39, 0.29) is 29.5 Å². The van der Waals surface area contributed by atoms with Crippen molar-refractivity contribution >= 4 is 29.9 Å². The quantitative estimate of drug-likeness (QED) is 0.412. The van der Waals surface area contributed by atoms with Crippen molar-refractivity contribution in [3.63, 3.8) is 0 Å². The zero-order chi connectivity index (χ0) is 12.2. The number of hydrogen-bond donors (Lipinski definition) is 3. The zero-order valence-electron chi connectivity index (χ0n) is 11.3. The first-order valence-corrected chi connectivity index (χ1v) is 6.13. The third kappa shape index (κ3) is 6.45. The summed E-state index contributed by atoms with van der Waals surface area (Å²) in [6.45, 7) is 9.66. The summed E-state index contributed by atoms with van der Waals surface area (Å²) >= 11 is 0. The number of halogens is 1. The van der Waals surface area contributed by atoms with Crippen LogP contribution in [0.3, 0.4) is 0 Å². The third-order valence-corrected chi connectivity index (χ3v) is 2.65. The summed E-state index contributed by atoms with van der Waals surface area (Å²) in [6, 6.07) is 0. The molecule has 0 saturated heterocycles. The van der Waals surface area contributed by atoms with Crippen LogP contribution in [-0.2, 0) is 0 Å². The number of nitrogens with zero attached hydrogens (tertiary/aromatic N) is 1. The van der Waals surface area contributed by atoms with Crippen LogP contribution < -0.4 is 10.6 Å². The van der Waals surface area contributed by atoms with Crippen molar-refractivity contribution in [3.05, 3.63) is 0 Å². The van der Waals surface area contributed by atoms with Gasteiger partial charge in [-0.15, -0.1) is 24.0 Å². The Hall–Kier alpha value is -0.0400. The van der Waals surface area contributed by atoms with E-state index < -0.39 is 5.60 Å². The second-order valence-electron chi connectivity index (χ2n) is 5.65. The van der Waals surface area contributed by atoms with E-state index in [4.69, 9.17) is 0 Å². The molecule has 4 nitrogen and oxygen atoms in total. The van der Waals surface area contributed by atoms with Crippen LogP contribution in [0.1, 0.15) is 47.0 Å². The number of guanidine groups is 1. The van der Waals surface area contributed by atoms with Gasteiger partial charge in [0.1, 0.15) is 0 Å². The van der Waals surface area contributed by atoms with Gasteiger partial charge in [0, 0.05) is 12.1 Å². The molecule has 0 bridgehead atoms. The van der Waals surface area contributed by atoms with Crippen molar-refractivity contribution in [2.75, 3.05) is 13.1 Å². The molecule has 0 amide bonds. The summed E-state index contributed by atoms with van der Waals surface area (Å²) in [5.41, 5.74) is -0.552. The van der Waals surface area contributed by atoms with Crippen molar-refractivity contribution in [1.82, 2.24) is 10.6 Å². The smallest absolute Gasteiger partial charge is 0.191 e. The van der Waals surface area contributed by atoms with Gasteiger partial charge in [0.2, 0.25) is 0 Å². The second-order valence-corrected chi connectivity index (χ2v) is 5.65. The van der Waals surface area contributed by atoms with E-state index in [9.17, 15) is 5.11 Å². The molecule has 17 heavy (non-hydrogen) atoms. The Balaban J connectivity index is 0.00000256. The largest absolute Gasteiger partial charge is 0.388 e. The molecule has 102 valence electrons. The molecule has 1 rings (SSSR count). The molecule has 5 heteroatoms. The topological polar surface area (TPSA) is 56.7 Å². The molecule has 1 fully saturated rings. The van der Waals surface area contributed by atoms with Gasteiger partial charge in [0.05, 0.1) is 12.1 Å². The Morgan fingerprint density at radius 2 is 1.94 bits per heavy atom. The molecule has 0 spiro atoms. The first kappa shape index (κ1) is 17.0. The summed E-state index contributed by atoms with van der Waals surface area (Å²) in [7, 11) is 0. The van der Waals surface area contributed by atoms with E-state index in [0.29, 0.717) is 6.54 Å². The molecule has 0 heterocycles. The lowest BCUT2D eigenvalue weighted by atomic mass is 9.80. The third-order valence-electron chi connectivity index (χ3n) is 2.65. The van der Waals surface area contributed by atoms with E-state index in [1.807, 2.05) is 6.92 Å². The van der Waals surface area contributed by atoms with Gasteiger partial charge in [-0.25, -0.2) is 0 Å². The number of nitrogens with one attached hydrogen (secondary N) is 2. The molecule has 0 aliphatic heterocycles. The average molecular weight is 355 g/mol. The van der Waals surface area contributed by atoms with Gasteiger partial charge >= 0.3 is 0 Å². The molecule has 0 radical (unpaired) electrons. The Labute approximate surface area is 122 Å². The molecule has 0 unspecified atom stereocenters. The highest BCUT2D eigenvalue weighted by molar-refractivity contribution is 14.0. The van der Waals surface area contributed by atoms with Crippen LogP contribution in [-0.4, -0.2) is 35.3 Å². The van der Waals surface area contributed by atoms with Crippen molar-refractivity contribution in [3.8, 4) is 0 Å². The van der Waals surface area contributed by atoms with E-state index in [2.05, 4.69) is 36.4 Å². The van der Waals surface area contributed by atoms with Gasteiger partial charge in [-0.05, 0) is 47.0 Å². The van der Waals surface area contributed by atoms with Crippen LogP contribution in [0, 0.1) is 0 Å². The first-order chi connectivity index (χ1) is 7.35. The minimum atomic E-state index is -0.541. The Kier molecular flexibility index (Phi) is 6.76. The highest BCUT2D eigenvalue weighted by Gasteiger charge is 2.34. The van der Waals surface area contributed by atoms with Gasteiger partial charge in [0.15, 0.2) is 5.96 Å². The van der Waals surface area contributed by atoms with Gasteiger partial charge in [0.25, 0.3) is 0 Å². The molecule has 1 saturated carbocycles. The molecular weight excluding hydrogens is 329 g/mol. The average Bonchev–Trinajstić information content (AvgIpc) is 2.09. The summed E-state index contributed by atoms with van der Waals surface area (Å²) < 4.78 is 0. The Morgan fingerprint density at radius 3 is 2.29 bits per heavy atom. The van der Waals surface area contributed by atoms with Crippen LogP contribution in [0.5, 0.6) is 0 Å². The summed E-state index contributed by atoms with van der Waals surface area (Å²) in [5, 5.41) is 16.5. The maximum Gasteiger partial charge on any atom is 0.191 e. The van der Waals surface area contributed by atoms with Crippen molar-refractivity contribution < 1.29 is 5.11 Å². The van der Waals surface area contributed by atoms with Crippen molar-refractivity contribution in [1.29, 1.82) is 0 Å². The van der Waals surface area contributed by atoms with E-state index in [1.54, 1.807) is 0 Å². The number of aliphatic imine (C=N–C) groups is 1. The van der Waals surface area contributed by atoms with Gasteiger partial charge in [-0.3, -0.25) is 4.99 Å². The van der Waals surface area contributed by atoms with E-state index in [0.717, 1.165) is 31.8 Å². The monoisotopic (exact) mass is 355 g/mol. The van der Waals surface area contributed by atoms with E-state index >= 15 is 0 Å². The highest BCUT2D eigenvalue weighted by atomic mass is 127.